The third-order valence-corrected chi connectivity index (χ3v) is 2.82. The number of rotatable bonds is 4. The summed E-state index contributed by atoms with van der Waals surface area (Å²) in [5, 5.41) is 24.2. The molecule has 1 unspecified atom stereocenters. The molecule has 0 fully saturated rings. The normalized spacial score (nSPS) is 12.4. The molecule has 0 radical (unpaired) electrons. The third kappa shape index (κ3) is 2.80. The Morgan fingerprint density at radius 2 is 2.15 bits per heavy atom. The lowest BCUT2D eigenvalue weighted by Crippen LogP contribution is -2.13. The maximum absolute atomic E-state index is 13.5. The zero-order valence-electron chi connectivity index (χ0n) is 10.5. The zero-order valence-corrected chi connectivity index (χ0v) is 10.5. The van der Waals surface area contributed by atoms with Crippen molar-refractivity contribution >= 4 is 5.82 Å². The number of benzene rings is 1. The smallest absolute Gasteiger partial charge is 0.386 e. The molecule has 2 aromatic rings. The van der Waals surface area contributed by atoms with E-state index in [-0.39, 0.29) is 17.9 Å². The Kier molecular flexibility index (Phi) is 3.75. The number of aliphatic hydroxyl groups excluding tert-OH is 1. The highest BCUT2D eigenvalue weighted by molar-refractivity contribution is 5.23. The first-order chi connectivity index (χ1) is 9.38. The average Bonchev–Trinajstić information content (AvgIpc) is 2.71. The summed E-state index contributed by atoms with van der Waals surface area (Å²) in [6, 6.07) is 4.06. The molecule has 0 aliphatic carbocycles. The summed E-state index contributed by atoms with van der Waals surface area (Å²) in [6.45, 7) is 1.41. The number of aromatic nitrogens is 2. The van der Waals surface area contributed by atoms with Crippen molar-refractivity contribution < 1.29 is 18.8 Å². The molecule has 1 aromatic carbocycles. The summed E-state index contributed by atoms with van der Waals surface area (Å²) in [5.41, 5.74) is 0.363. The maximum atomic E-state index is 13.5. The maximum Gasteiger partial charge on any atom is 0.390 e. The molecule has 0 bridgehead atoms. The van der Waals surface area contributed by atoms with Gasteiger partial charge in [-0.2, -0.15) is 4.68 Å². The molecule has 1 N–H and O–H groups in total. The van der Waals surface area contributed by atoms with Crippen LogP contribution in [-0.4, -0.2) is 19.8 Å². The van der Waals surface area contributed by atoms with E-state index in [2.05, 4.69) is 5.10 Å². The minimum absolute atomic E-state index is 0.0936. The molecule has 0 saturated carbocycles. The van der Waals surface area contributed by atoms with Gasteiger partial charge in [0.2, 0.25) is 0 Å². The van der Waals surface area contributed by atoms with Crippen molar-refractivity contribution in [1.82, 2.24) is 9.78 Å². The first kappa shape index (κ1) is 14.1. The predicted molar refractivity (Wildman–Crippen MR) is 64.9 cm³/mol. The van der Waals surface area contributed by atoms with Crippen LogP contribution in [0.15, 0.2) is 24.3 Å². The molecular weight excluding hydrogens is 272 g/mol. The van der Waals surface area contributed by atoms with Crippen molar-refractivity contribution in [3.05, 3.63) is 57.3 Å². The van der Waals surface area contributed by atoms with Gasteiger partial charge in [0.1, 0.15) is 17.7 Å². The Hall–Kier alpha value is -2.35. The van der Waals surface area contributed by atoms with E-state index < -0.39 is 22.7 Å². The molecule has 0 aliphatic heterocycles. The van der Waals surface area contributed by atoms with Crippen LogP contribution < -0.4 is 0 Å². The quantitative estimate of drug-likeness (QED) is 0.688. The lowest BCUT2D eigenvalue weighted by Gasteiger charge is -2.11. The summed E-state index contributed by atoms with van der Waals surface area (Å²) < 4.78 is 27.5. The monoisotopic (exact) mass is 283 g/mol. The molecule has 8 heteroatoms. The summed E-state index contributed by atoms with van der Waals surface area (Å²) in [7, 11) is 0. The molecule has 6 nitrogen and oxygen atoms in total. The van der Waals surface area contributed by atoms with Crippen molar-refractivity contribution in [2.24, 2.45) is 0 Å². The summed E-state index contributed by atoms with van der Waals surface area (Å²) in [4.78, 5) is 9.92. The second-order valence-electron chi connectivity index (χ2n) is 4.26. The van der Waals surface area contributed by atoms with Crippen molar-refractivity contribution in [2.75, 3.05) is 0 Å². The number of hydrogen-bond acceptors (Lipinski definition) is 4. The molecular formula is C12H11F2N3O3. The number of nitrogens with zero attached hydrogens (tertiary/aromatic N) is 3. The number of halogens is 2. The number of nitro groups is 1. The van der Waals surface area contributed by atoms with Crippen LogP contribution in [0.4, 0.5) is 14.6 Å². The Balaban J connectivity index is 2.23. The van der Waals surface area contributed by atoms with Crippen LogP contribution in [0.5, 0.6) is 0 Å². The van der Waals surface area contributed by atoms with E-state index in [9.17, 15) is 24.0 Å². The standard InChI is InChI=1S/C12H11F2N3O3/c1-7-4-12(17(19)20)15-16(7)6-11(18)9-3-2-8(13)5-10(9)14/h2-5,11,18H,6H2,1H3. The third-order valence-electron chi connectivity index (χ3n) is 2.82. The van der Waals surface area contributed by atoms with Crippen molar-refractivity contribution in [1.29, 1.82) is 0 Å². The molecule has 0 amide bonds. The van der Waals surface area contributed by atoms with E-state index in [1.54, 1.807) is 6.92 Å². The topological polar surface area (TPSA) is 81.2 Å². The summed E-state index contributed by atoms with van der Waals surface area (Å²) >= 11 is 0. The minimum Gasteiger partial charge on any atom is -0.386 e. The predicted octanol–water partition coefficient (Wildman–Crippen LogP) is 2.11. The van der Waals surface area contributed by atoms with E-state index in [0.717, 1.165) is 12.1 Å². The molecule has 2 rings (SSSR count). The second-order valence-corrected chi connectivity index (χ2v) is 4.26. The van der Waals surface area contributed by atoms with Gasteiger partial charge in [-0.25, -0.2) is 8.78 Å². The minimum atomic E-state index is -1.28. The van der Waals surface area contributed by atoms with Crippen molar-refractivity contribution in [3.8, 4) is 0 Å². The summed E-state index contributed by atoms with van der Waals surface area (Å²) in [5.74, 6) is -1.98. The van der Waals surface area contributed by atoms with Gasteiger partial charge >= 0.3 is 5.82 Å². The van der Waals surface area contributed by atoms with Crippen molar-refractivity contribution in [3.63, 3.8) is 0 Å². The highest BCUT2D eigenvalue weighted by Gasteiger charge is 2.20. The van der Waals surface area contributed by atoms with Gasteiger partial charge in [-0.3, -0.25) is 0 Å². The van der Waals surface area contributed by atoms with Gasteiger partial charge in [0.15, 0.2) is 0 Å². The lowest BCUT2D eigenvalue weighted by atomic mass is 10.1. The van der Waals surface area contributed by atoms with E-state index >= 15 is 0 Å². The Morgan fingerprint density at radius 3 is 2.70 bits per heavy atom. The first-order valence-corrected chi connectivity index (χ1v) is 5.70. The molecule has 0 aliphatic rings. The Morgan fingerprint density at radius 1 is 1.45 bits per heavy atom. The molecule has 1 atom stereocenters. The molecule has 0 spiro atoms. The van der Waals surface area contributed by atoms with E-state index in [0.29, 0.717) is 11.8 Å². The fourth-order valence-electron chi connectivity index (χ4n) is 1.80. The van der Waals surface area contributed by atoms with Crippen LogP contribution >= 0.6 is 0 Å². The number of aryl methyl sites for hydroxylation is 1. The van der Waals surface area contributed by atoms with Gasteiger partial charge in [-0.1, -0.05) is 6.07 Å². The fraction of sp³-hybridized carbons (Fsp3) is 0.250. The average molecular weight is 283 g/mol. The highest BCUT2D eigenvalue weighted by Crippen LogP contribution is 2.21. The first-order valence-electron chi connectivity index (χ1n) is 5.70. The zero-order chi connectivity index (χ0) is 14.9. The highest BCUT2D eigenvalue weighted by atomic mass is 19.1. The van der Waals surface area contributed by atoms with E-state index in [1.165, 1.54) is 10.7 Å². The van der Waals surface area contributed by atoms with E-state index in [4.69, 9.17) is 0 Å². The molecule has 106 valence electrons. The molecule has 1 aromatic heterocycles. The number of hydrogen-bond donors (Lipinski definition) is 1. The van der Waals surface area contributed by atoms with Gasteiger partial charge < -0.3 is 15.2 Å². The van der Waals surface area contributed by atoms with Gasteiger partial charge in [0, 0.05) is 11.6 Å². The molecule has 1 heterocycles. The largest absolute Gasteiger partial charge is 0.390 e. The SMILES string of the molecule is Cc1cc([N+](=O)[O-])nn1CC(O)c1ccc(F)cc1F. The van der Waals surface area contributed by atoms with E-state index in [1.807, 2.05) is 0 Å². The van der Waals surface area contributed by atoms with Gasteiger partial charge in [0.05, 0.1) is 23.4 Å². The number of aliphatic hydroxyl groups is 1. The Labute approximate surface area is 112 Å². The van der Waals surface area contributed by atoms with Crippen LogP contribution in [0.3, 0.4) is 0 Å². The van der Waals surface area contributed by atoms with Crippen LogP contribution in [-0.2, 0) is 6.54 Å². The van der Waals surface area contributed by atoms with Gasteiger partial charge in [0.25, 0.3) is 0 Å². The molecule has 20 heavy (non-hydrogen) atoms. The summed E-state index contributed by atoms with van der Waals surface area (Å²) in [6.07, 6.45) is -1.28. The van der Waals surface area contributed by atoms with Crippen LogP contribution in [0.1, 0.15) is 17.4 Å². The lowest BCUT2D eigenvalue weighted by molar-refractivity contribution is -0.389. The van der Waals surface area contributed by atoms with Crippen LogP contribution in [0.2, 0.25) is 0 Å². The fourth-order valence-corrected chi connectivity index (χ4v) is 1.80. The second kappa shape index (κ2) is 5.33. The van der Waals surface area contributed by atoms with Crippen LogP contribution in [0.25, 0.3) is 0 Å². The van der Waals surface area contributed by atoms with Gasteiger partial charge in [-0.05, 0) is 17.9 Å². The van der Waals surface area contributed by atoms with Crippen LogP contribution in [0, 0.1) is 28.7 Å². The van der Waals surface area contributed by atoms with Gasteiger partial charge in [-0.15, -0.1) is 0 Å². The van der Waals surface area contributed by atoms with Crippen molar-refractivity contribution in [2.45, 2.75) is 19.6 Å². The molecule has 0 saturated heterocycles. The Bertz CT molecular complexity index is 657.